The van der Waals surface area contributed by atoms with Crippen molar-refractivity contribution in [3.05, 3.63) is 35.9 Å². The molecule has 0 amide bonds. The summed E-state index contributed by atoms with van der Waals surface area (Å²) in [5, 5.41) is 14.4. The van der Waals surface area contributed by atoms with E-state index in [9.17, 15) is 5.11 Å². The molecule has 1 atom stereocenters. The quantitative estimate of drug-likeness (QED) is 0.674. The summed E-state index contributed by atoms with van der Waals surface area (Å²) >= 11 is 0. The average Bonchev–Trinajstić information content (AvgIpc) is 2.67. The van der Waals surface area contributed by atoms with Crippen molar-refractivity contribution in [3.8, 4) is 0 Å². The van der Waals surface area contributed by atoms with Gasteiger partial charge in [0, 0.05) is 6.42 Å². The minimum atomic E-state index is -0.268. The molecule has 1 aliphatic rings. The minimum absolute atomic E-state index is 0.222. The highest BCUT2D eigenvalue weighted by Crippen LogP contribution is 2.15. The molecule has 1 radical (unpaired) electrons. The SMILES string of the molecule is [O]CC1CC(c2ccccc2)=NO1. The van der Waals surface area contributed by atoms with Gasteiger partial charge in [0.15, 0.2) is 6.10 Å². The fraction of sp³-hybridized carbons (Fsp3) is 0.300. The average molecular weight is 176 g/mol. The fourth-order valence-electron chi connectivity index (χ4n) is 1.32. The van der Waals surface area contributed by atoms with Gasteiger partial charge in [0.25, 0.3) is 0 Å². The van der Waals surface area contributed by atoms with Crippen LogP contribution in [-0.4, -0.2) is 18.4 Å². The molecule has 3 heteroatoms. The standard InChI is InChI=1S/C10H10NO2/c12-7-9-6-10(11-13-9)8-4-2-1-3-5-8/h1-5,9H,6-7H2. The fourth-order valence-corrected chi connectivity index (χ4v) is 1.32. The molecule has 1 heterocycles. The highest BCUT2D eigenvalue weighted by atomic mass is 16.6. The monoisotopic (exact) mass is 176 g/mol. The molecule has 0 saturated carbocycles. The lowest BCUT2D eigenvalue weighted by Crippen LogP contribution is -2.11. The molecule has 0 N–H and O–H groups in total. The zero-order valence-electron chi connectivity index (χ0n) is 7.14. The van der Waals surface area contributed by atoms with Gasteiger partial charge < -0.3 is 4.84 Å². The van der Waals surface area contributed by atoms with E-state index in [1.54, 1.807) is 0 Å². The van der Waals surface area contributed by atoms with Crippen molar-refractivity contribution < 1.29 is 9.94 Å². The third-order valence-electron chi connectivity index (χ3n) is 2.03. The number of benzene rings is 1. The van der Waals surface area contributed by atoms with Crippen LogP contribution in [0.3, 0.4) is 0 Å². The van der Waals surface area contributed by atoms with Crippen molar-refractivity contribution in [1.82, 2.24) is 0 Å². The van der Waals surface area contributed by atoms with Crippen LogP contribution in [0.2, 0.25) is 0 Å². The van der Waals surface area contributed by atoms with Crippen LogP contribution in [0.15, 0.2) is 35.5 Å². The number of hydrogen-bond acceptors (Lipinski definition) is 2. The van der Waals surface area contributed by atoms with Crippen LogP contribution >= 0.6 is 0 Å². The largest absolute Gasteiger partial charge is 0.389 e. The van der Waals surface area contributed by atoms with Crippen LogP contribution in [0, 0.1) is 0 Å². The molecule has 1 aliphatic heterocycles. The van der Waals surface area contributed by atoms with Crippen LogP contribution < -0.4 is 0 Å². The van der Waals surface area contributed by atoms with Crippen molar-refractivity contribution in [1.29, 1.82) is 0 Å². The van der Waals surface area contributed by atoms with Gasteiger partial charge in [0.1, 0.15) is 6.61 Å². The highest BCUT2D eigenvalue weighted by Gasteiger charge is 2.21. The zero-order valence-corrected chi connectivity index (χ0v) is 7.14. The Balaban J connectivity index is 2.12. The van der Waals surface area contributed by atoms with Crippen LogP contribution in [0.25, 0.3) is 0 Å². The van der Waals surface area contributed by atoms with Crippen molar-refractivity contribution in [2.45, 2.75) is 12.5 Å². The molecule has 1 aromatic rings. The molecule has 1 unspecified atom stereocenters. The minimum Gasteiger partial charge on any atom is -0.389 e. The highest BCUT2D eigenvalue weighted by molar-refractivity contribution is 6.01. The van der Waals surface area contributed by atoms with E-state index in [0.717, 1.165) is 11.3 Å². The van der Waals surface area contributed by atoms with E-state index in [-0.39, 0.29) is 12.7 Å². The Labute approximate surface area is 76.6 Å². The summed E-state index contributed by atoms with van der Waals surface area (Å²) in [6.45, 7) is -0.222. The van der Waals surface area contributed by atoms with Gasteiger partial charge in [-0.25, -0.2) is 5.11 Å². The van der Waals surface area contributed by atoms with Gasteiger partial charge in [0.05, 0.1) is 5.71 Å². The molecule has 13 heavy (non-hydrogen) atoms. The molecule has 0 saturated heterocycles. The van der Waals surface area contributed by atoms with E-state index < -0.39 is 0 Å². The summed E-state index contributed by atoms with van der Waals surface area (Å²) in [6, 6.07) is 9.78. The second-order valence-electron chi connectivity index (χ2n) is 3.00. The Bertz CT molecular complexity index is 308. The van der Waals surface area contributed by atoms with Crippen LogP contribution in [-0.2, 0) is 9.94 Å². The number of rotatable bonds is 2. The van der Waals surface area contributed by atoms with Crippen molar-refractivity contribution >= 4 is 5.71 Å². The Kier molecular flexibility index (Phi) is 2.27. The van der Waals surface area contributed by atoms with Gasteiger partial charge in [0.2, 0.25) is 0 Å². The first-order valence-electron chi connectivity index (χ1n) is 4.26. The van der Waals surface area contributed by atoms with Gasteiger partial charge in [-0.05, 0) is 5.56 Å². The molecular weight excluding hydrogens is 166 g/mol. The number of hydrogen-bond donors (Lipinski definition) is 0. The third kappa shape index (κ3) is 1.70. The molecule has 1 aromatic carbocycles. The van der Waals surface area contributed by atoms with Gasteiger partial charge >= 0.3 is 0 Å². The summed E-state index contributed by atoms with van der Waals surface area (Å²) in [5.41, 5.74) is 1.92. The van der Waals surface area contributed by atoms with Crippen LogP contribution in [0.4, 0.5) is 0 Å². The van der Waals surface area contributed by atoms with Crippen molar-refractivity contribution in [2.24, 2.45) is 5.16 Å². The molecule has 0 bridgehead atoms. The lowest BCUT2D eigenvalue weighted by atomic mass is 10.1. The van der Waals surface area contributed by atoms with Gasteiger partial charge in [-0.3, -0.25) is 0 Å². The lowest BCUT2D eigenvalue weighted by Gasteiger charge is -1.99. The molecule has 2 rings (SSSR count). The molecule has 0 fully saturated rings. The molecule has 3 nitrogen and oxygen atoms in total. The van der Waals surface area contributed by atoms with E-state index in [4.69, 9.17) is 4.84 Å². The van der Waals surface area contributed by atoms with Gasteiger partial charge in [-0.15, -0.1) is 0 Å². The second-order valence-corrected chi connectivity index (χ2v) is 3.00. The maximum atomic E-state index is 10.5. The molecule has 0 spiro atoms. The van der Waals surface area contributed by atoms with E-state index in [1.807, 2.05) is 30.3 Å². The predicted octanol–water partition coefficient (Wildman–Crippen LogP) is 1.61. The summed E-state index contributed by atoms with van der Waals surface area (Å²) < 4.78 is 0. The number of nitrogens with zero attached hydrogens (tertiary/aromatic N) is 1. The zero-order chi connectivity index (χ0) is 9.10. The number of oxime groups is 1. The Hall–Kier alpha value is -1.35. The molecule has 0 aromatic heterocycles. The van der Waals surface area contributed by atoms with E-state index in [0.29, 0.717) is 6.42 Å². The predicted molar refractivity (Wildman–Crippen MR) is 48.0 cm³/mol. The maximum Gasteiger partial charge on any atom is 0.159 e. The summed E-state index contributed by atoms with van der Waals surface area (Å²) in [5.74, 6) is 0. The van der Waals surface area contributed by atoms with E-state index in [2.05, 4.69) is 5.16 Å². The Morgan fingerprint density at radius 3 is 2.77 bits per heavy atom. The van der Waals surface area contributed by atoms with E-state index >= 15 is 0 Å². The third-order valence-corrected chi connectivity index (χ3v) is 2.03. The van der Waals surface area contributed by atoms with Gasteiger partial charge in [-0.1, -0.05) is 35.5 Å². The summed E-state index contributed by atoms with van der Waals surface area (Å²) in [4.78, 5) is 4.94. The van der Waals surface area contributed by atoms with Crippen LogP contribution in [0.1, 0.15) is 12.0 Å². The lowest BCUT2D eigenvalue weighted by molar-refractivity contribution is 0.0134. The van der Waals surface area contributed by atoms with Gasteiger partial charge in [-0.2, -0.15) is 0 Å². The first kappa shape index (κ1) is 8.26. The Morgan fingerprint density at radius 1 is 1.38 bits per heavy atom. The topological polar surface area (TPSA) is 41.5 Å². The summed E-state index contributed by atoms with van der Waals surface area (Å²) in [7, 11) is 0. The van der Waals surface area contributed by atoms with E-state index in [1.165, 1.54) is 0 Å². The van der Waals surface area contributed by atoms with Crippen LogP contribution in [0.5, 0.6) is 0 Å². The Morgan fingerprint density at radius 2 is 2.15 bits per heavy atom. The summed E-state index contributed by atoms with van der Waals surface area (Å²) in [6.07, 6.45) is 0.364. The molecule has 67 valence electrons. The maximum absolute atomic E-state index is 10.5. The van der Waals surface area contributed by atoms with Crippen molar-refractivity contribution in [2.75, 3.05) is 6.61 Å². The molecule has 0 aliphatic carbocycles. The second kappa shape index (κ2) is 3.58. The smallest absolute Gasteiger partial charge is 0.159 e. The first-order chi connectivity index (χ1) is 6.40. The first-order valence-corrected chi connectivity index (χ1v) is 4.26. The normalized spacial score (nSPS) is 21.0. The van der Waals surface area contributed by atoms with Crippen molar-refractivity contribution in [3.63, 3.8) is 0 Å². The molecular formula is C10H10NO2.